The number of H-pyrrole nitrogens is 1. The van der Waals surface area contributed by atoms with Crippen molar-refractivity contribution in [2.45, 2.75) is 50.7 Å². The molecule has 3 aliphatic rings. The molecular weight excluding hydrogens is 425 g/mol. The van der Waals surface area contributed by atoms with Crippen molar-refractivity contribution in [2.24, 2.45) is 16.1 Å². The first-order chi connectivity index (χ1) is 16.6. The third-order valence-electron chi connectivity index (χ3n) is 7.89. The quantitative estimate of drug-likeness (QED) is 0.426. The molecule has 4 nitrogen and oxygen atoms in total. The smallest absolute Gasteiger partial charge is 0.123 e. The molecule has 0 amide bonds. The molecule has 0 fully saturated rings. The largest absolute Gasteiger partial charge is 0.385 e. The zero-order chi connectivity index (χ0) is 23.3. The van der Waals surface area contributed by atoms with E-state index in [0.29, 0.717) is 6.42 Å². The predicted octanol–water partition coefficient (Wildman–Crippen LogP) is 7.08. The van der Waals surface area contributed by atoms with Gasteiger partial charge >= 0.3 is 0 Å². The maximum absolute atomic E-state index is 13.5. The molecule has 1 aromatic heterocycles. The van der Waals surface area contributed by atoms with Crippen molar-refractivity contribution in [2.75, 3.05) is 0 Å². The minimum absolute atomic E-state index is 0.147. The number of fused-ring (bicyclic) bond motifs is 1. The summed E-state index contributed by atoms with van der Waals surface area (Å²) in [4.78, 5) is 3.31. The van der Waals surface area contributed by atoms with Gasteiger partial charge in [-0.3, -0.25) is 0 Å². The number of rotatable bonds is 5. The summed E-state index contributed by atoms with van der Waals surface area (Å²) in [6, 6.07) is 18.9. The zero-order valence-corrected chi connectivity index (χ0v) is 19.3. The summed E-state index contributed by atoms with van der Waals surface area (Å²) < 4.78 is 13.5. The Morgan fingerprint density at radius 2 is 1.88 bits per heavy atom. The van der Waals surface area contributed by atoms with Gasteiger partial charge < -0.3 is 10.1 Å². The molecule has 2 heterocycles. The van der Waals surface area contributed by atoms with E-state index in [9.17, 15) is 9.50 Å². The van der Waals surface area contributed by atoms with Crippen LogP contribution in [-0.4, -0.2) is 15.7 Å². The van der Waals surface area contributed by atoms with Crippen LogP contribution in [0, 0.1) is 11.7 Å². The van der Waals surface area contributed by atoms with Crippen LogP contribution in [0.5, 0.6) is 0 Å². The molecule has 0 radical (unpaired) electrons. The van der Waals surface area contributed by atoms with Gasteiger partial charge in [-0.15, -0.1) is 0 Å². The highest BCUT2D eigenvalue weighted by atomic mass is 19.1. The number of nitrogens with one attached hydrogen (secondary N) is 1. The first-order valence-electron chi connectivity index (χ1n) is 12.1. The van der Waals surface area contributed by atoms with Crippen molar-refractivity contribution < 1.29 is 9.50 Å². The minimum atomic E-state index is -0.940. The molecule has 6 rings (SSSR count). The molecule has 2 N–H and O–H groups in total. The Bertz CT molecular complexity index is 1320. The van der Waals surface area contributed by atoms with Crippen LogP contribution < -0.4 is 0 Å². The number of azo groups is 1. The van der Waals surface area contributed by atoms with E-state index in [0.717, 1.165) is 53.8 Å². The fourth-order valence-corrected chi connectivity index (χ4v) is 6.09. The third kappa shape index (κ3) is 3.30. The number of hydrogen-bond acceptors (Lipinski definition) is 3. The normalized spacial score (nSPS) is 25.7. The van der Waals surface area contributed by atoms with Crippen molar-refractivity contribution in [1.29, 1.82) is 0 Å². The molecule has 0 spiro atoms. The highest BCUT2D eigenvalue weighted by Gasteiger charge is 2.49. The lowest BCUT2D eigenvalue weighted by molar-refractivity contribution is 0.0244. The van der Waals surface area contributed by atoms with Crippen molar-refractivity contribution >= 4 is 0 Å². The van der Waals surface area contributed by atoms with E-state index in [1.165, 1.54) is 28.8 Å². The van der Waals surface area contributed by atoms with Crippen molar-refractivity contribution in [3.8, 4) is 11.3 Å². The van der Waals surface area contributed by atoms with Gasteiger partial charge in [-0.2, -0.15) is 10.2 Å². The molecule has 0 saturated carbocycles. The second-order valence-corrected chi connectivity index (χ2v) is 9.67. The number of halogens is 1. The summed E-state index contributed by atoms with van der Waals surface area (Å²) in [5.41, 5.74) is 7.94. The van der Waals surface area contributed by atoms with Crippen LogP contribution in [0.3, 0.4) is 0 Å². The maximum atomic E-state index is 13.5. The van der Waals surface area contributed by atoms with Crippen molar-refractivity contribution in [1.82, 2.24) is 4.98 Å². The van der Waals surface area contributed by atoms with E-state index in [4.69, 9.17) is 0 Å². The van der Waals surface area contributed by atoms with Gasteiger partial charge in [0.2, 0.25) is 0 Å². The van der Waals surface area contributed by atoms with E-state index < -0.39 is 5.60 Å². The van der Waals surface area contributed by atoms with Gasteiger partial charge in [0, 0.05) is 28.9 Å². The fourth-order valence-electron chi connectivity index (χ4n) is 6.09. The molecule has 3 aromatic rings. The Kier molecular flexibility index (Phi) is 5.10. The second-order valence-electron chi connectivity index (χ2n) is 9.67. The van der Waals surface area contributed by atoms with Gasteiger partial charge in [0.15, 0.2) is 0 Å². The number of nitrogens with zero attached hydrogens (tertiary/aromatic N) is 2. The summed E-state index contributed by atoms with van der Waals surface area (Å²) in [5, 5.41) is 21.4. The number of hydrogen-bond donors (Lipinski definition) is 2. The van der Waals surface area contributed by atoms with Gasteiger partial charge in [0.25, 0.3) is 0 Å². The van der Waals surface area contributed by atoms with E-state index in [1.807, 2.05) is 12.3 Å². The number of aromatic amines is 1. The molecule has 1 unspecified atom stereocenters. The lowest BCUT2D eigenvalue weighted by atomic mass is 9.68. The van der Waals surface area contributed by atoms with Gasteiger partial charge in [0.1, 0.15) is 11.9 Å². The van der Waals surface area contributed by atoms with E-state index in [-0.39, 0.29) is 17.8 Å². The first-order valence-corrected chi connectivity index (χ1v) is 12.1. The molecular formula is C29H28FN3O. The topological polar surface area (TPSA) is 60.7 Å². The summed E-state index contributed by atoms with van der Waals surface area (Å²) in [5.74, 6) is -0.397. The Labute approximate surface area is 199 Å². The predicted molar refractivity (Wildman–Crippen MR) is 131 cm³/mol. The zero-order valence-electron chi connectivity index (χ0n) is 19.3. The first kappa shape index (κ1) is 21.2. The SMILES string of the molecule is C[C@H]1C2=C(C3=C(CCC3)[C@@]1(O)CCc1ccccc1-c1ccc[nH]1)C(c1ccc(F)cc1)N=N2. The fraction of sp³-hybridized carbons (Fsp3) is 0.310. The molecule has 3 atom stereocenters. The monoisotopic (exact) mass is 453 g/mol. The van der Waals surface area contributed by atoms with Crippen LogP contribution in [0.1, 0.15) is 49.8 Å². The molecule has 1 aliphatic heterocycles. The second kappa shape index (κ2) is 8.17. The van der Waals surface area contributed by atoms with Crippen LogP contribution in [0.2, 0.25) is 0 Å². The summed E-state index contributed by atoms with van der Waals surface area (Å²) in [6.45, 7) is 2.08. The van der Waals surface area contributed by atoms with Crippen molar-refractivity contribution in [3.63, 3.8) is 0 Å². The Balaban J connectivity index is 1.34. The van der Waals surface area contributed by atoms with Gasteiger partial charge in [0.05, 0.1) is 11.3 Å². The lowest BCUT2D eigenvalue weighted by Crippen LogP contribution is -2.42. The molecule has 5 heteroatoms. The van der Waals surface area contributed by atoms with Crippen LogP contribution in [0.15, 0.2) is 99.5 Å². The summed E-state index contributed by atoms with van der Waals surface area (Å²) in [7, 11) is 0. The van der Waals surface area contributed by atoms with Gasteiger partial charge in [-0.05, 0) is 78.6 Å². The average molecular weight is 454 g/mol. The van der Waals surface area contributed by atoms with Gasteiger partial charge in [-0.1, -0.05) is 43.3 Å². The van der Waals surface area contributed by atoms with E-state index in [1.54, 1.807) is 12.1 Å². The van der Waals surface area contributed by atoms with Crippen molar-refractivity contribution in [3.05, 3.63) is 106 Å². The number of aliphatic hydroxyl groups is 1. The molecule has 0 saturated heterocycles. The van der Waals surface area contributed by atoms with Crippen LogP contribution in [0.4, 0.5) is 4.39 Å². The minimum Gasteiger partial charge on any atom is -0.385 e. The summed E-state index contributed by atoms with van der Waals surface area (Å²) in [6.07, 6.45) is 6.22. The molecule has 2 aliphatic carbocycles. The average Bonchev–Trinajstić information content (AvgIpc) is 3.62. The highest BCUT2D eigenvalue weighted by molar-refractivity contribution is 5.64. The third-order valence-corrected chi connectivity index (χ3v) is 7.89. The number of aromatic nitrogens is 1. The van der Waals surface area contributed by atoms with Crippen LogP contribution >= 0.6 is 0 Å². The lowest BCUT2D eigenvalue weighted by Gasteiger charge is -2.40. The van der Waals surface area contributed by atoms with Crippen LogP contribution in [-0.2, 0) is 6.42 Å². The molecule has 0 bridgehead atoms. The summed E-state index contributed by atoms with van der Waals surface area (Å²) >= 11 is 0. The van der Waals surface area contributed by atoms with Gasteiger partial charge in [-0.25, -0.2) is 4.39 Å². The number of aryl methyl sites for hydroxylation is 1. The molecule has 172 valence electrons. The number of benzene rings is 2. The van der Waals surface area contributed by atoms with E-state index >= 15 is 0 Å². The molecule has 2 aromatic carbocycles. The Hall–Kier alpha value is -3.31. The highest BCUT2D eigenvalue weighted by Crippen LogP contribution is 2.56. The Morgan fingerprint density at radius 1 is 1.06 bits per heavy atom. The Morgan fingerprint density at radius 3 is 2.68 bits per heavy atom. The standard InChI is InChI=1S/C29H28FN3O/c1-18-27-26(28(33-32-27)20-11-13-21(30)14-12-20)23-8-4-9-24(23)29(18,34)16-15-19-6-2-3-7-22(19)25-10-5-17-31-25/h2-3,5-7,10-14,17-18,28,31,34H,4,8-9,15-16H2,1H3/t18-,28?,29+/m0/s1. The maximum Gasteiger partial charge on any atom is 0.123 e. The molecule has 34 heavy (non-hydrogen) atoms. The van der Waals surface area contributed by atoms with Crippen LogP contribution in [0.25, 0.3) is 11.3 Å². The van der Waals surface area contributed by atoms with E-state index in [2.05, 4.69) is 52.5 Å².